The highest BCUT2D eigenvalue weighted by Gasteiger charge is 2.11. The molecule has 1 amide bonds. The number of nitrogens with zero attached hydrogens (tertiary/aromatic N) is 1. The van der Waals surface area contributed by atoms with Gasteiger partial charge in [-0.05, 0) is 24.1 Å². The van der Waals surface area contributed by atoms with Gasteiger partial charge in [0.15, 0.2) is 0 Å². The zero-order chi connectivity index (χ0) is 17.4. The molecular weight excluding hydrogens is 308 g/mol. The maximum Gasteiger partial charge on any atom is 0.269 e. The lowest BCUT2D eigenvalue weighted by Gasteiger charge is -2.10. The van der Waals surface area contributed by atoms with Gasteiger partial charge in [-0.1, -0.05) is 36.9 Å². The number of nitro groups is 1. The lowest BCUT2D eigenvalue weighted by Crippen LogP contribution is -2.26. The van der Waals surface area contributed by atoms with Crippen LogP contribution in [0.5, 0.6) is 5.75 Å². The first-order valence-corrected chi connectivity index (χ1v) is 7.46. The van der Waals surface area contributed by atoms with Crippen molar-refractivity contribution in [2.45, 2.75) is 6.42 Å². The highest BCUT2D eigenvalue weighted by molar-refractivity contribution is 5.96. The molecule has 0 aliphatic carbocycles. The minimum absolute atomic E-state index is 0.0435. The molecule has 2 aromatic carbocycles. The third-order valence-corrected chi connectivity index (χ3v) is 3.31. The van der Waals surface area contributed by atoms with Crippen molar-refractivity contribution in [1.82, 2.24) is 5.32 Å². The fourth-order valence-corrected chi connectivity index (χ4v) is 2.17. The average molecular weight is 326 g/mol. The number of para-hydroxylation sites is 1. The van der Waals surface area contributed by atoms with E-state index < -0.39 is 4.92 Å². The largest absolute Gasteiger partial charge is 0.489 e. The van der Waals surface area contributed by atoms with Gasteiger partial charge in [0.25, 0.3) is 11.6 Å². The molecule has 0 atom stereocenters. The number of nitro benzene ring substituents is 1. The van der Waals surface area contributed by atoms with Crippen LogP contribution in [0.3, 0.4) is 0 Å². The molecule has 0 aromatic heterocycles. The number of ether oxygens (including phenoxy) is 1. The Morgan fingerprint density at radius 3 is 2.79 bits per heavy atom. The van der Waals surface area contributed by atoms with Gasteiger partial charge < -0.3 is 10.1 Å². The van der Waals surface area contributed by atoms with Crippen molar-refractivity contribution in [3.8, 4) is 5.75 Å². The number of non-ortho nitro benzene ring substituents is 1. The number of hydrogen-bond acceptors (Lipinski definition) is 4. The quantitative estimate of drug-likeness (QED) is 0.459. The second-order valence-corrected chi connectivity index (χ2v) is 5.03. The van der Waals surface area contributed by atoms with Crippen LogP contribution in [0.25, 0.3) is 0 Å². The average Bonchev–Trinajstić information content (AvgIpc) is 2.60. The Bertz CT molecular complexity index is 743. The third-order valence-electron chi connectivity index (χ3n) is 3.31. The van der Waals surface area contributed by atoms with Gasteiger partial charge in [-0.25, -0.2) is 0 Å². The van der Waals surface area contributed by atoms with Crippen LogP contribution in [0.15, 0.2) is 61.2 Å². The molecule has 6 nitrogen and oxygen atoms in total. The minimum Gasteiger partial charge on any atom is -0.489 e. The highest BCUT2D eigenvalue weighted by atomic mass is 16.6. The highest BCUT2D eigenvalue weighted by Crippen LogP contribution is 2.18. The first-order chi connectivity index (χ1) is 11.6. The van der Waals surface area contributed by atoms with Crippen molar-refractivity contribution >= 4 is 11.6 Å². The zero-order valence-corrected chi connectivity index (χ0v) is 13.1. The summed E-state index contributed by atoms with van der Waals surface area (Å²) in [6.45, 7) is 4.27. The van der Waals surface area contributed by atoms with E-state index in [1.165, 1.54) is 12.1 Å². The van der Waals surface area contributed by atoms with Gasteiger partial charge in [0.1, 0.15) is 12.4 Å². The molecule has 0 spiro atoms. The van der Waals surface area contributed by atoms with E-state index in [0.717, 1.165) is 5.56 Å². The van der Waals surface area contributed by atoms with Gasteiger partial charge in [0.2, 0.25) is 0 Å². The number of amides is 1. The molecule has 2 rings (SSSR count). The summed E-state index contributed by atoms with van der Waals surface area (Å²) in [6.07, 6.45) is 2.11. The molecule has 0 heterocycles. The van der Waals surface area contributed by atoms with Crippen LogP contribution in [0.1, 0.15) is 15.9 Å². The summed E-state index contributed by atoms with van der Waals surface area (Å²) in [5, 5.41) is 13.6. The summed E-state index contributed by atoms with van der Waals surface area (Å²) >= 11 is 0. The van der Waals surface area contributed by atoms with E-state index in [4.69, 9.17) is 4.74 Å². The summed E-state index contributed by atoms with van der Waals surface area (Å²) in [4.78, 5) is 22.6. The maximum absolute atomic E-state index is 12.3. The first-order valence-electron chi connectivity index (χ1n) is 7.46. The van der Waals surface area contributed by atoms with Crippen LogP contribution >= 0.6 is 0 Å². The summed E-state index contributed by atoms with van der Waals surface area (Å²) in [5.74, 6) is 0.241. The molecule has 2 aromatic rings. The normalized spacial score (nSPS) is 10.0. The monoisotopic (exact) mass is 326 g/mol. The predicted octanol–water partition coefficient (Wildman–Crippen LogP) is 3.13. The molecule has 6 heteroatoms. The number of nitrogens with one attached hydrogen (secondary N) is 1. The first kappa shape index (κ1) is 17.2. The van der Waals surface area contributed by atoms with E-state index in [-0.39, 0.29) is 11.6 Å². The van der Waals surface area contributed by atoms with Crippen molar-refractivity contribution < 1.29 is 14.5 Å². The van der Waals surface area contributed by atoms with Crippen molar-refractivity contribution in [3.63, 3.8) is 0 Å². The Labute approximate surface area is 139 Å². The summed E-state index contributed by atoms with van der Waals surface area (Å²) in [5.41, 5.74) is 1.28. The van der Waals surface area contributed by atoms with Gasteiger partial charge >= 0.3 is 0 Å². The molecule has 0 unspecified atom stereocenters. The minimum atomic E-state index is -0.435. The Morgan fingerprint density at radius 2 is 2.04 bits per heavy atom. The molecule has 0 radical (unpaired) electrons. The molecule has 0 aliphatic heterocycles. The van der Waals surface area contributed by atoms with E-state index in [9.17, 15) is 14.9 Å². The van der Waals surface area contributed by atoms with Crippen LogP contribution < -0.4 is 10.1 Å². The Balaban J connectivity index is 1.95. The van der Waals surface area contributed by atoms with E-state index in [0.29, 0.717) is 30.9 Å². The summed E-state index contributed by atoms with van der Waals surface area (Å²) in [6, 6.07) is 13.3. The Kier molecular flexibility index (Phi) is 6.08. The van der Waals surface area contributed by atoms with E-state index >= 15 is 0 Å². The van der Waals surface area contributed by atoms with Gasteiger partial charge in [-0.15, -0.1) is 0 Å². The molecule has 0 bridgehead atoms. The standard InChI is InChI=1S/C18H18N2O4/c1-2-12-24-17-9-4-3-8-16(17)18(21)19-11-10-14-6-5-7-15(13-14)20(22)23/h2-9,13H,1,10-12H2,(H,19,21). The summed E-state index contributed by atoms with van der Waals surface area (Å²) < 4.78 is 5.46. The number of rotatable bonds is 8. The van der Waals surface area contributed by atoms with Crippen LogP contribution in [-0.4, -0.2) is 24.0 Å². The van der Waals surface area contributed by atoms with Gasteiger partial charge in [0, 0.05) is 18.7 Å². The van der Waals surface area contributed by atoms with Crippen molar-refractivity contribution in [1.29, 1.82) is 0 Å². The van der Waals surface area contributed by atoms with Gasteiger partial charge in [0.05, 0.1) is 10.5 Å². The fraction of sp³-hybridized carbons (Fsp3) is 0.167. The van der Waals surface area contributed by atoms with Crippen LogP contribution in [0.4, 0.5) is 5.69 Å². The molecule has 0 saturated heterocycles. The van der Waals surface area contributed by atoms with E-state index in [2.05, 4.69) is 11.9 Å². The molecule has 0 fully saturated rings. The predicted molar refractivity (Wildman–Crippen MR) is 91.3 cm³/mol. The molecule has 0 aliphatic rings. The van der Waals surface area contributed by atoms with E-state index in [1.54, 1.807) is 42.5 Å². The summed E-state index contributed by atoms with van der Waals surface area (Å²) in [7, 11) is 0. The second-order valence-electron chi connectivity index (χ2n) is 5.03. The topological polar surface area (TPSA) is 81.5 Å². The van der Waals surface area contributed by atoms with Crippen molar-refractivity contribution in [2.75, 3.05) is 13.2 Å². The second kappa shape index (κ2) is 8.47. The Morgan fingerprint density at radius 1 is 1.25 bits per heavy atom. The number of benzene rings is 2. The number of hydrogen-bond donors (Lipinski definition) is 1. The van der Waals surface area contributed by atoms with Crippen LogP contribution in [-0.2, 0) is 6.42 Å². The fourth-order valence-electron chi connectivity index (χ4n) is 2.17. The van der Waals surface area contributed by atoms with E-state index in [1.807, 2.05) is 0 Å². The number of carbonyl (C=O) groups excluding carboxylic acids is 1. The molecule has 24 heavy (non-hydrogen) atoms. The lowest BCUT2D eigenvalue weighted by molar-refractivity contribution is -0.384. The Hall–Kier alpha value is -3.15. The molecule has 1 N–H and O–H groups in total. The SMILES string of the molecule is C=CCOc1ccccc1C(=O)NCCc1cccc([N+](=O)[O-])c1. The van der Waals surface area contributed by atoms with Crippen molar-refractivity contribution in [2.24, 2.45) is 0 Å². The number of carbonyl (C=O) groups is 1. The smallest absolute Gasteiger partial charge is 0.269 e. The molecular formula is C18H18N2O4. The van der Waals surface area contributed by atoms with Crippen LogP contribution in [0, 0.1) is 10.1 Å². The third kappa shape index (κ3) is 4.67. The molecule has 0 saturated carbocycles. The van der Waals surface area contributed by atoms with Gasteiger partial charge in [-0.3, -0.25) is 14.9 Å². The van der Waals surface area contributed by atoms with Crippen LogP contribution in [0.2, 0.25) is 0 Å². The zero-order valence-electron chi connectivity index (χ0n) is 13.1. The lowest BCUT2D eigenvalue weighted by atomic mass is 10.1. The van der Waals surface area contributed by atoms with Crippen molar-refractivity contribution in [3.05, 3.63) is 82.4 Å². The molecule has 124 valence electrons. The maximum atomic E-state index is 12.3. The van der Waals surface area contributed by atoms with Gasteiger partial charge in [-0.2, -0.15) is 0 Å².